The van der Waals surface area contributed by atoms with Crippen molar-refractivity contribution in [3.05, 3.63) is 40.6 Å². The van der Waals surface area contributed by atoms with Gasteiger partial charge in [0.1, 0.15) is 0 Å². The van der Waals surface area contributed by atoms with Crippen molar-refractivity contribution in [2.75, 3.05) is 24.6 Å². The first kappa shape index (κ1) is 16.0. The highest BCUT2D eigenvalue weighted by Crippen LogP contribution is 2.38. The van der Waals surface area contributed by atoms with Gasteiger partial charge in [0.25, 0.3) is 0 Å². The summed E-state index contributed by atoms with van der Waals surface area (Å²) in [6.45, 7) is 5.36. The zero-order valence-corrected chi connectivity index (χ0v) is 14.8. The van der Waals surface area contributed by atoms with Crippen LogP contribution in [0.15, 0.2) is 29.9 Å². The van der Waals surface area contributed by atoms with Gasteiger partial charge in [-0.05, 0) is 31.9 Å². The number of ether oxygens (including phenoxy) is 2. The largest absolute Gasteiger partial charge is 0.372 e. The smallest absolute Gasteiger partial charge is 0.0901 e. The van der Waals surface area contributed by atoms with Gasteiger partial charge in [-0.3, -0.25) is 4.98 Å². The summed E-state index contributed by atoms with van der Waals surface area (Å²) < 4.78 is 12.2. The van der Waals surface area contributed by atoms with E-state index >= 15 is 0 Å². The van der Waals surface area contributed by atoms with Crippen LogP contribution in [0.4, 0.5) is 5.69 Å². The van der Waals surface area contributed by atoms with Crippen molar-refractivity contribution < 1.29 is 9.47 Å². The molecule has 0 amide bonds. The Morgan fingerprint density at radius 3 is 3.00 bits per heavy atom. The summed E-state index contributed by atoms with van der Waals surface area (Å²) in [7, 11) is 0. The maximum absolute atomic E-state index is 6.19. The molecular weight excluding hydrogens is 322 g/mol. The molecule has 2 aromatic rings. The normalized spacial score (nSPS) is 23.0. The van der Waals surface area contributed by atoms with Gasteiger partial charge in [-0.15, -0.1) is 11.3 Å². The Labute approximate surface area is 146 Å². The molecule has 128 valence electrons. The van der Waals surface area contributed by atoms with Gasteiger partial charge in [-0.25, -0.2) is 4.98 Å². The molecule has 24 heavy (non-hydrogen) atoms. The molecule has 1 unspecified atom stereocenters. The van der Waals surface area contributed by atoms with Crippen LogP contribution >= 0.6 is 11.3 Å². The van der Waals surface area contributed by atoms with Crippen LogP contribution in [0.2, 0.25) is 0 Å². The second-order valence-corrected chi connectivity index (χ2v) is 7.75. The quantitative estimate of drug-likeness (QED) is 0.852. The van der Waals surface area contributed by atoms with Gasteiger partial charge in [-0.1, -0.05) is 0 Å². The van der Waals surface area contributed by atoms with Crippen LogP contribution in [0.3, 0.4) is 0 Å². The fraction of sp³-hybridized carbons (Fsp3) is 0.556. The van der Waals surface area contributed by atoms with Gasteiger partial charge in [0.15, 0.2) is 0 Å². The average molecular weight is 345 g/mol. The SMILES string of the molecule is Cc1nc(COC2COC3(CCN(c4cccnc4)CC3)C2)cs1. The Kier molecular flexibility index (Phi) is 4.52. The number of thiazole rings is 1. The third-order valence-corrected chi connectivity index (χ3v) is 5.82. The number of hydrogen-bond acceptors (Lipinski definition) is 6. The van der Waals surface area contributed by atoms with Gasteiger partial charge in [0, 0.05) is 31.1 Å². The van der Waals surface area contributed by atoms with Crippen molar-refractivity contribution >= 4 is 17.0 Å². The lowest BCUT2D eigenvalue weighted by atomic mass is 9.88. The molecule has 2 aliphatic heterocycles. The van der Waals surface area contributed by atoms with E-state index in [4.69, 9.17) is 9.47 Å². The number of aryl methyl sites for hydroxylation is 1. The van der Waals surface area contributed by atoms with Crippen LogP contribution in [0.1, 0.15) is 30.0 Å². The summed E-state index contributed by atoms with van der Waals surface area (Å²) in [4.78, 5) is 11.1. The Morgan fingerprint density at radius 2 is 2.29 bits per heavy atom. The minimum absolute atomic E-state index is 0.00136. The molecule has 2 aliphatic rings. The zero-order valence-electron chi connectivity index (χ0n) is 14.0. The molecule has 0 aliphatic carbocycles. The molecule has 2 saturated heterocycles. The molecule has 0 bridgehead atoms. The van der Waals surface area contributed by atoms with E-state index in [1.807, 2.05) is 25.4 Å². The van der Waals surface area contributed by atoms with Crippen molar-refractivity contribution in [2.24, 2.45) is 0 Å². The first-order valence-electron chi connectivity index (χ1n) is 8.54. The molecule has 6 heteroatoms. The number of hydrogen-bond donors (Lipinski definition) is 0. The Balaban J connectivity index is 1.29. The van der Waals surface area contributed by atoms with Crippen LogP contribution in [0.5, 0.6) is 0 Å². The predicted molar refractivity (Wildman–Crippen MR) is 94.4 cm³/mol. The highest BCUT2D eigenvalue weighted by Gasteiger charge is 2.43. The molecule has 0 saturated carbocycles. The fourth-order valence-corrected chi connectivity index (χ4v) is 4.25. The fourth-order valence-electron chi connectivity index (χ4n) is 3.65. The van der Waals surface area contributed by atoms with Gasteiger partial charge in [-0.2, -0.15) is 0 Å². The van der Waals surface area contributed by atoms with Crippen LogP contribution in [0.25, 0.3) is 0 Å². The third-order valence-electron chi connectivity index (χ3n) is 4.99. The third kappa shape index (κ3) is 3.45. The van der Waals surface area contributed by atoms with E-state index in [1.54, 1.807) is 11.3 Å². The molecule has 1 atom stereocenters. The van der Waals surface area contributed by atoms with Crippen molar-refractivity contribution in [3.63, 3.8) is 0 Å². The van der Waals surface area contributed by atoms with Crippen LogP contribution < -0.4 is 4.90 Å². The Bertz CT molecular complexity index is 668. The van der Waals surface area contributed by atoms with E-state index in [2.05, 4.69) is 26.3 Å². The van der Waals surface area contributed by atoms with Crippen LogP contribution in [-0.4, -0.2) is 41.4 Å². The molecule has 0 aromatic carbocycles. The molecule has 2 aromatic heterocycles. The van der Waals surface area contributed by atoms with E-state index in [-0.39, 0.29) is 11.7 Å². The Hall–Kier alpha value is -1.50. The summed E-state index contributed by atoms with van der Waals surface area (Å²) in [6, 6.07) is 4.12. The second-order valence-electron chi connectivity index (χ2n) is 6.69. The standard InChI is InChI=1S/C18H23N3O2S/c1-14-20-15(13-24-14)11-22-17-9-18(23-12-17)4-7-21(8-5-18)16-3-2-6-19-10-16/h2-3,6,10,13,17H,4-5,7-9,11-12H2,1H3. The second kappa shape index (κ2) is 6.78. The maximum atomic E-state index is 6.19. The first-order valence-corrected chi connectivity index (χ1v) is 9.42. The number of rotatable bonds is 4. The molecule has 1 spiro atoms. The molecule has 0 radical (unpaired) electrons. The summed E-state index contributed by atoms with van der Waals surface area (Å²) in [6.07, 6.45) is 7.05. The molecular formula is C18H23N3O2S. The minimum Gasteiger partial charge on any atom is -0.372 e. The molecule has 0 N–H and O–H groups in total. The van der Waals surface area contributed by atoms with Crippen LogP contribution in [0, 0.1) is 6.92 Å². The van der Waals surface area contributed by atoms with Crippen molar-refractivity contribution in [1.29, 1.82) is 0 Å². The monoisotopic (exact) mass is 345 g/mol. The minimum atomic E-state index is 0.00136. The van der Waals surface area contributed by atoms with E-state index in [9.17, 15) is 0 Å². The summed E-state index contributed by atoms with van der Waals surface area (Å²) in [5.74, 6) is 0. The summed E-state index contributed by atoms with van der Waals surface area (Å²) in [5, 5.41) is 3.17. The molecule has 5 nitrogen and oxygen atoms in total. The lowest BCUT2D eigenvalue weighted by Crippen LogP contribution is -2.44. The lowest BCUT2D eigenvalue weighted by Gasteiger charge is -2.39. The Morgan fingerprint density at radius 1 is 1.42 bits per heavy atom. The summed E-state index contributed by atoms with van der Waals surface area (Å²) >= 11 is 1.67. The van der Waals surface area contributed by atoms with Crippen molar-refractivity contribution in [1.82, 2.24) is 9.97 Å². The average Bonchev–Trinajstić information content (AvgIpc) is 3.21. The van der Waals surface area contributed by atoms with Gasteiger partial charge in [0.05, 0.1) is 47.5 Å². The molecule has 4 heterocycles. The number of piperidine rings is 1. The maximum Gasteiger partial charge on any atom is 0.0901 e. The van der Waals surface area contributed by atoms with E-state index in [0.29, 0.717) is 13.2 Å². The van der Waals surface area contributed by atoms with Crippen LogP contribution in [-0.2, 0) is 16.1 Å². The van der Waals surface area contributed by atoms with Crippen molar-refractivity contribution in [2.45, 2.75) is 44.5 Å². The lowest BCUT2D eigenvalue weighted by molar-refractivity contribution is -0.0205. The van der Waals surface area contributed by atoms with E-state index in [1.165, 1.54) is 5.69 Å². The highest BCUT2D eigenvalue weighted by atomic mass is 32.1. The number of aromatic nitrogens is 2. The van der Waals surface area contributed by atoms with E-state index < -0.39 is 0 Å². The van der Waals surface area contributed by atoms with Gasteiger partial charge in [0.2, 0.25) is 0 Å². The highest BCUT2D eigenvalue weighted by molar-refractivity contribution is 7.09. The number of pyridine rings is 1. The topological polar surface area (TPSA) is 47.5 Å². The van der Waals surface area contributed by atoms with E-state index in [0.717, 1.165) is 43.1 Å². The number of nitrogens with zero attached hydrogens (tertiary/aromatic N) is 3. The predicted octanol–water partition coefficient (Wildman–Crippen LogP) is 3.19. The van der Waals surface area contributed by atoms with Gasteiger partial charge >= 0.3 is 0 Å². The molecule has 4 rings (SSSR count). The van der Waals surface area contributed by atoms with Crippen molar-refractivity contribution in [3.8, 4) is 0 Å². The molecule has 2 fully saturated rings. The summed E-state index contributed by atoms with van der Waals surface area (Å²) in [5.41, 5.74) is 2.24. The number of anilines is 1. The zero-order chi connectivity index (χ0) is 16.4. The van der Waals surface area contributed by atoms with Gasteiger partial charge < -0.3 is 14.4 Å². The first-order chi connectivity index (χ1) is 11.7.